The van der Waals surface area contributed by atoms with E-state index in [-0.39, 0.29) is 6.54 Å². The van der Waals surface area contributed by atoms with Gasteiger partial charge in [-0.1, -0.05) is 24.3 Å². The third kappa shape index (κ3) is 7.31. The second kappa shape index (κ2) is 8.63. The quantitative estimate of drug-likeness (QED) is 0.624. The Morgan fingerprint density at radius 2 is 1.91 bits per heavy atom. The molecule has 0 radical (unpaired) electrons. The van der Waals surface area contributed by atoms with Gasteiger partial charge in [0.2, 0.25) is 0 Å². The van der Waals surface area contributed by atoms with Crippen molar-refractivity contribution in [2.45, 2.75) is 19.6 Å². The van der Waals surface area contributed by atoms with Gasteiger partial charge in [-0.15, -0.1) is 0 Å². The Hall–Kier alpha value is -1.76. The fourth-order valence-corrected chi connectivity index (χ4v) is 1.96. The van der Waals surface area contributed by atoms with E-state index in [2.05, 4.69) is 15.6 Å². The van der Waals surface area contributed by atoms with Crippen LogP contribution in [0.5, 0.6) is 0 Å². The zero-order valence-corrected chi connectivity index (χ0v) is 13.2. The van der Waals surface area contributed by atoms with Crippen LogP contribution in [-0.2, 0) is 6.54 Å². The van der Waals surface area contributed by atoms with Crippen LogP contribution in [0.3, 0.4) is 0 Å². The van der Waals surface area contributed by atoms with Gasteiger partial charge in [0.1, 0.15) is 0 Å². The van der Waals surface area contributed by atoms with E-state index in [9.17, 15) is 13.2 Å². The van der Waals surface area contributed by atoms with Crippen LogP contribution in [0.1, 0.15) is 11.1 Å². The van der Waals surface area contributed by atoms with Crippen LogP contribution in [0.25, 0.3) is 0 Å². The lowest BCUT2D eigenvalue weighted by Crippen LogP contribution is -2.42. The first-order valence-electron chi connectivity index (χ1n) is 7.06. The number of likely N-dealkylation sites (N-methyl/N-ethyl adjacent to an activating group) is 1. The molecule has 0 spiro atoms. The van der Waals surface area contributed by atoms with Crippen LogP contribution < -0.4 is 10.6 Å². The summed E-state index contributed by atoms with van der Waals surface area (Å²) in [5.74, 6) is 0.573. The van der Waals surface area contributed by atoms with Crippen LogP contribution in [0.2, 0.25) is 0 Å². The van der Waals surface area contributed by atoms with Crippen molar-refractivity contribution < 1.29 is 13.2 Å². The highest BCUT2D eigenvalue weighted by Crippen LogP contribution is 2.14. The smallest absolute Gasteiger partial charge is 0.355 e. The number of halogens is 3. The number of nitrogens with zero attached hydrogens (tertiary/aromatic N) is 2. The average Bonchev–Trinajstić information content (AvgIpc) is 2.42. The fraction of sp³-hybridized carbons (Fsp3) is 0.533. The number of benzene rings is 1. The topological polar surface area (TPSA) is 39.7 Å². The Balaban J connectivity index is 2.33. The number of aliphatic imine (C=N–C) groups is 1. The normalized spacial score (nSPS) is 12.6. The first-order valence-corrected chi connectivity index (χ1v) is 7.06. The van der Waals surface area contributed by atoms with Gasteiger partial charge in [-0.3, -0.25) is 9.89 Å². The lowest BCUT2D eigenvalue weighted by molar-refractivity contribution is -0.142. The summed E-state index contributed by atoms with van der Waals surface area (Å²) in [6, 6.07) is 7.99. The van der Waals surface area contributed by atoms with Gasteiger partial charge in [-0.05, 0) is 25.1 Å². The summed E-state index contributed by atoms with van der Waals surface area (Å²) in [6.45, 7) is 2.40. The molecular weight excluding hydrogens is 293 g/mol. The molecule has 0 aliphatic heterocycles. The maximum absolute atomic E-state index is 12.2. The molecule has 1 aromatic carbocycles. The van der Waals surface area contributed by atoms with E-state index >= 15 is 0 Å². The van der Waals surface area contributed by atoms with E-state index in [1.807, 2.05) is 31.2 Å². The molecule has 0 aliphatic rings. The van der Waals surface area contributed by atoms with Crippen LogP contribution in [0, 0.1) is 6.92 Å². The number of alkyl halides is 3. The van der Waals surface area contributed by atoms with Gasteiger partial charge in [-0.25, -0.2) is 0 Å². The van der Waals surface area contributed by atoms with E-state index in [4.69, 9.17) is 0 Å². The molecule has 0 heterocycles. The molecule has 0 amide bonds. The Morgan fingerprint density at radius 1 is 1.23 bits per heavy atom. The van der Waals surface area contributed by atoms with Crippen LogP contribution in [-0.4, -0.2) is 50.8 Å². The lowest BCUT2D eigenvalue weighted by atomic mass is 10.1. The lowest BCUT2D eigenvalue weighted by Gasteiger charge is -2.19. The Bertz CT molecular complexity index is 486. The first kappa shape index (κ1) is 18.3. The average molecular weight is 316 g/mol. The summed E-state index contributed by atoms with van der Waals surface area (Å²) in [6.07, 6.45) is -4.17. The molecule has 0 bridgehead atoms. The molecule has 1 aromatic rings. The molecule has 2 N–H and O–H groups in total. The minimum absolute atomic E-state index is 0.282. The van der Waals surface area contributed by atoms with Gasteiger partial charge in [0.25, 0.3) is 0 Å². The van der Waals surface area contributed by atoms with E-state index < -0.39 is 12.7 Å². The van der Waals surface area contributed by atoms with Crippen molar-refractivity contribution in [3.8, 4) is 0 Å². The molecule has 124 valence electrons. The molecule has 1 rings (SSSR count). The highest BCUT2D eigenvalue weighted by molar-refractivity contribution is 5.79. The molecule has 0 saturated heterocycles. The first-order chi connectivity index (χ1) is 10.3. The number of aryl methyl sites for hydroxylation is 1. The molecule has 0 atom stereocenters. The summed E-state index contributed by atoms with van der Waals surface area (Å²) >= 11 is 0. The second-order valence-corrected chi connectivity index (χ2v) is 5.13. The van der Waals surface area contributed by atoms with E-state index in [0.717, 1.165) is 5.56 Å². The predicted molar refractivity (Wildman–Crippen MR) is 82.9 cm³/mol. The highest BCUT2D eigenvalue weighted by Gasteiger charge is 2.28. The molecule has 4 nitrogen and oxygen atoms in total. The largest absolute Gasteiger partial charge is 0.401 e. The maximum Gasteiger partial charge on any atom is 0.401 e. The summed E-state index contributed by atoms with van der Waals surface area (Å²) in [5, 5.41) is 6.15. The Labute approximate surface area is 129 Å². The second-order valence-electron chi connectivity index (χ2n) is 5.13. The van der Waals surface area contributed by atoms with Crippen molar-refractivity contribution >= 4 is 5.96 Å². The van der Waals surface area contributed by atoms with Gasteiger partial charge in [0.05, 0.1) is 6.54 Å². The molecule has 0 aromatic heterocycles. The monoisotopic (exact) mass is 316 g/mol. The van der Waals surface area contributed by atoms with E-state index in [0.29, 0.717) is 19.0 Å². The molecule has 0 saturated carbocycles. The Morgan fingerprint density at radius 3 is 2.50 bits per heavy atom. The van der Waals surface area contributed by atoms with Crippen molar-refractivity contribution in [3.05, 3.63) is 35.4 Å². The van der Waals surface area contributed by atoms with Crippen LogP contribution >= 0.6 is 0 Å². The summed E-state index contributed by atoms with van der Waals surface area (Å²) < 4.78 is 36.6. The standard InChI is InChI=1S/C15H23F3N4/c1-12-6-4-5-7-13(12)10-21-14(19-2)20-8-9-22(3)11-15(16,17)18/h4-7H,8-11H2,1-3H3,(H2,19,20,21). The van der Waals surface area contributed by atoms with Crippen molar-refractivity contribution in [2.75, 3.05) is 33.7 Å². The molecule has 7 heteroatoms. The van der Waals surface area contributed by atoms with E-state index in [1.165, 1.54) is 17.5 Å². The van der Waals surface area contributed by atoms with Crippen molar-refractivity contribution in [1.82, 2.24) is 15.5 Å². The predicted octanol–water partition coefficient (Wildman–Crippen LogP) is 2.15. The fourth-order valence-electron chi connectivity index (χ4n) is 1.96. The molecule has 22 heavy (non-hydrogen) atoms. The van der Waals surface area contributed by atoms with Crippen molar-refractivity contribution in [1.29, 1.82) is 0 Å². The van der Waals surface area contributed by atoms with Crippen LogP contribution in [0.4, 0.5) is 13.2 Å². The Kier molecular flexibility index (Phi) is 7.17. The summed E-state index contributed by atoms with van der Waals surface area (Å²) in [4.78, 5) is 5.28. The van der Waals surface area contributed by atoms with Crippen LogP contribution in [0.15, 0.2) is 29.3 Å². The number of guanidine groups is 1. The maximum atomic E-state index is 12.2. The molecule has 0 aliphatic carbocycles. The van der Waals surface area contributed by atoms with Gasteiger partial charge in [0.15, 0.2) is 5.96 Å². The SMILES string of the molecule is CN=C(NCCN(C)CC(F)(F)F)NCc1ccccc1C. The van der Waals surface area contributed by atoms with Crippen molar-refractivity contribution in [3.63, 3.8) is 0 Å². The summed E-state index contributed by atoms with van der Waals surface area (Å²) in [5.41, 5.74) is 2.33. The van der Waals surface area contributed by atoms with Gasteiger partial charge in [0, 0.05) is 26.7 Å². The minimum atomic E-state index is -4.17. The number of nitrogens with one attached hydrogen (secondary N) is 2. The molecule has 0 fully saturated rings. The molecule has 0 unspecified atom stereocenters. The third-order valence-corrected chi connectivity index (χ3v) is 3.17. The summed E-state index contributed by atoms with van der Waals surface area (Å²) in [7, 11) is 3.07. The molecular formula is C15H23F3N4. The minimum Gasteiger partial charge on any atom is -0.355 e. The van der Waals surface area contributed by atoms with E-state index in [1.54, 1.807) is 7.05 Å². The van der Waals surface area contributed by atoms with Gasteiger partial charge < -0.3 is 10.6 Å². The van der Waals surface area contributed by atoms with Crippen molar-refractivity contribution in [2.24, 2.45) is 4.99 Å². The number of hydrogen-bond acceptors (Lipinski definition) is 2. The zero-order chi connectivity index (χ0) is 16.6. The van der Waals surface area contributed by atoms with Gasteiger partial charge >= 0.3 is 6.18 Å². The zero-order valence-electron chi connectivity index (χ0n) is 13.2. The van der Waals surface area contributed by atoms with Gasteiger partial charge in [-0.2, -0.15) is 13.2 Å². The number of rotatable bonds is 6. The third-order valence-electron chi connectivity index (χ3n) is 3.17. The number of hydrogen-bond donors (Lipinski definition) is 2. The highest BCUT2D eigenvalue weighted by atomic mass is 19.4.